The number of phenols is 1. The highest BCUT2D eigenvalue weighted by Gasteiger charge is 2.18. The van der Waals surface area contributed by atoms with Gasteiger partial charge in [-0.3, -0.25) is 0 Å². The zero-order chi connectivity index (χ0) is 13.2. The van der Waals surface area contributed by atoms with Gasteiger partial charge < -0.3 is 5.11 Å². The molecule has 0 aliphatic rings. The minimum absolute atomic E-state index is 0.0178. The number of rotatable bonds is 3. The second-order valence-corrected chi connectivity index (χ2v) is 5.27. The van der Waals surface area contributed by atoms with Crippen LogP contribution in [0.4, 0.5) is 0 Å². The third-order valence-corrected chi connectivity index (χ3v) is 3.78. The minimum atomic E-state index is -3.79. The first kappa shape index (κ1) is 12.3. The highest BCUT2D eigenvalue weighted by molar-refractivity contribution is 7.90. The molecule has 0 atom stereocenters. The zero-order valence-electron chi connectivity index (χ0n) is 9.45. The Morgan fingerprint density at radius 1 is 0.944 bits per heavy atom. The van der Waals surface area contributed by atoms with Gasteiger partial charge in [-0.1, -0.05) is 36.4 Å². The van der Waals surface area contributed by atoms with Crippen LogP contribution in [0.25, 0.3) is 11.1 Å². The third-order valence-electron chi connectivity index (χ3n) is 2.53. The Morgan fingerprint density at radius 2 is 1.50 bits per heavy atom. The molecule has 1 N–H and O–H groups in total. The maximum absolute atomic E-state index is 11.8. The largest absolute Gasteiger partial charge is 0.507 e. The van der Waals surface area contributed by atoms with Crippen molar-refractivity contribution in [3.8, 4) is 16.9 Å². The van der Waals surface area contributed by atoms with Gasteiger partial charge in [-0.2, -0.15) is 12.8 Å². The molecule has 0 aromatic heterocycles. The summed E-state index contributed by atoms with van der Waals surface area (Å²) in [6.07, 6.45) is 0. The highest BCUT2D eigenvalue weighted by atomic mass is 32.2. The van der Waals surface area contributed by atoms with E-state index in [0.717, 1.165) is 0 Å². The molecule has 0 saturated heterocycles. The fourth-order valence-electron chi connectivity index (χ4n) is 1.69. The van der Waals surface area contributed by atoms with Crippen LogP contribution in [-0.2, 0) is 10.0 Å². The van der Waals surface area contributed by atoms with Crippen LogP contribution in [-0.4, -0.2) is 20.2 Å². The molecule has 0 aliphatic carbocycles. The number of hydrogen-bond donors (Lipinski definition) is 1. The van der Waals surface area contributed by atoms with Gasteiger partial charge in [-0.25, -0.2) is 0 Å². The van der Waals surface area contributed by atoms with E-state index in [1.165, 1.54) is 12.1 Å². The second-order valence-electron chi connectivity index (χ2n) is 3.62. The van der Waals surface area contributed by atoms with E-state index in [1.54, 1.807) is 36.4 Å². The zero-order valence-corrected chi connectivity index (χ0v) is 10.3. The first-order valence-electron chi connectivity index (χ1n) is 5.16. The van der Waals surface area contributed by atoms with Crippen molar-refractivity contribution in [2.45, 2.75) is 4.90 Å². The SMILES string of the molecule is C=NS(=O)(=O)c1ccccc1-c1ccccc1O. The van der Waals surface area contributed by atoms with E-state index in [2.05, 4.69) is 11.1 Å². The lowest BCUT2D eigenvalue weighted by Gasteiger charge is -2.08. The summed E-state index contributed by atoms with van der Waals surface area (Å²) in [7, 11) is -3.79. The minimum Gasteiger partial charge on any atom is -0.507 e. The van der Waals surface area contributed by atoms with Gasteiger partial charge in [-0.15, -0.1) is 0 Å². The summed E-state index contributed by atoms with van der Waals surface area (Å²) >= 11 is 0. The molecule has 0 radical (unpaired) electrons. The fourth-order valence-corrected chi connectivity index (χ4v) is 2.53. The molecular formula is C13H11NO3S. The molecule has 4 nitrogen and oxygen atoms in total. The van der Waals surface area contributed by atoms with Crippen LogP contribution in [0, 0.1) is 0 Å². The van der Waals surface area contributed by atoms with E-state index in [-0.39, 0.29) is 10.6 Å². The Hall–Kier alpha value is -2.14. The first-order valence-corrected chi connectivity index (χ1v) is 6.60. The summed E-state index contributed by atoms with van der Waals surface area (Å²) in [6, 6.07) is 12.9. The molecule has 2 aromatic carbocycles. The van der Waals surface area contributed by atoms with Crippen molar-refractivity contribution in [1.82, 2.24) is 0 Å². The van der Waals surface area contributed by atoms with Crippen molar-refractivity contribution in [1.29, 1.82) is 0 Å². The number of benzene rings is 2. The molecule has 0 bridgehead atoms. The van der Waals surface area contributed by atoms with Crippen LogP contribution in [0.1, 0.15) is 0 Å². The van der Waals surface area contributed by atoms with Crippen LogP contribution in [0.5, 0.6) is 5.75 Å². The lowest BCUT2D eigenvalue weighted by Crippen LogP contribution is -1.98. The monoisotopic (exact) mass is 261 g/mol. The molecule has 0 aliphatic heterocycles. The van der Waals surface area contributed by atoms with Crippen molar-refractivity contribution in [3.63, 3.8) is 0 Å². The lowest BCUT2D eigenvalue weighted by molar-refractivity contribution is 0.477. The summed E-state index contributed by atoms with van der Waals surface area (Å²) in [5, 5.41) is 9.79. The average Bonchev–Trinajstić information content (AvgIpc) is 2.39. The van der Waals surface area contributed by atoms with Crippen molar-refractivity contribution < 1.29 is 13.5 Å². The molecule has 2 aromatic rings. The van der Waals surface area contributed by atoms with Gasteiger partial charge in [0.2, 0.25) is 0 Å². The van der Waals surface area contributed by atoms with E-state index in [1.807, 2.05) is 0 Å². The van der Waals surface area contributed by atoms with Gasteiger partial charge in [0.15, 0.2) is 0 Å². The van der Waals surface area contributed by atoms with Crippen LogP contribution >= 0.6 is 0 Å². The summed E-state index contributed by atoms with van der Waals surface area (Å²) in [6.45, 7) is 3.07. The van der Waals surface area contributed by atoms with Crippen LogP contribution < -0.4 is 0 Å². The molecule has 0 unspecified atom stereocenters. The molecule has 18 heavy (non-hydrogen) atoms. The number of para-hydroxylation sites is 1. The second kappa shape index (κ2) is 4.62. The van der Waals surface area contributed by atoms with E-state index in [0.29, 0.717) is 11.1 Å². The number of nitrogens with zero attached hydrogens (tertiary/aromatic N) is 1. The van der Waals surface area contributed by atoms with Gasteiger partial charge >= 0.3 is 0 Å². The van der Waals surface area contributed by atoms with Gasteiger partial charge in [-0.05, 0) is 12.1 Å². The molecule has 0 fully saturated rings. The summed E-state index contributed by atoms with van der Waals surface area (Å²) in [5.41, 5.74) is 0.850. The lowest BCUT2D eigenvalue weighted by atomic mass is 10.0. The van der Waals surface area contributed by atoms with E-state index in [9.17, 15) is 13.5 Å². The van der Waals surface area contributed by atoms with Gasteiger partial charge in [0, 0.05) is 17.8 Å². The van der Waals surface area contributed by atoms with Gasteiger partial charge in [0.25, 0.3) is 10.0 Å². The molecular weight excluding hydrogens is 250 g/mol. The maximum atomic E-state index is 11.8. The number of hydrogen-bond acceptors (Lipinski definition) is 3. The Labute approximate surface area is 105 Å². The summed E-state index contributed by atoms with van der Waals surface area (Å²) in [5.74, 6) is 0.0178. The van der Waals surface area contributed by atoms with Gasteiger partial charge in [0.1, 0.15) is 5.75 Å². The van der Waals surface area contributed by atoms with Crippen LogP contribution in [0.15, 0.2) is 57.8 Å². The van der Waals surface area contributed by atoms with Gasteiger partial charge in [0.05, 0.1) is 4.90 Å². The van der Waals surface area contributed by atoms with Crippen molar-refractivity contribution in [2.24, 2.45) is 4.40 Å². The van der Waals surface area contributed by atoms with E-state index < -0.39 is 10.0 Å². The standard InChI is InChI=1S/C13H11NO3S/c1-14-18(16,17)13-9-5-3-7-11(13)10-6-2-4-8-12(10)15/h2-9,15H,1H2. The number of aromatic hydroxyl groups is 1. The molecule has 0 heterocycles. The predicted octanol–water partition coefficient (Wildman–Crippen LogP) is 2.45. The van der Waals surface area contributed by atoms with Crippen LogP contribution in [0.2, 0.25) is 0 Å². The Kier molecular flexibility index (Phi) is 3.16. The topological polar surface area (TPSA) is 66.7 Å². The normalized spacial score (nSPS) is 11.1. The first-order chi connectivity index (χ1) is 8.56. The summed E-state index contributed by atoms with van der Waals surface area (Å²) < 4.78 is 26.7. The van der Waals surface area contributed by atoms with E-state index >= 15 is 0 Å². The van der Waals surface area contributed by atoms with Crippen LogP contribution in [0.3, 0.4) is 0 Å². The third kappa shape index (κ3) is 2.12. The molecule has 0 saturated carbocycles. The number of phenolic OH excluding ortho intramolecular Hbond substituents is 1. The molecule has 92 valence electrons. The molecule has 0 spiro atoms. The van der Waals surface area contributed by atoms with Crippen molar-refractivity contribution in [3.05, 3.63) is 48.5 Å². The Morgan fingerprint density at radius 3 is 2.11 bits per heavy atom. The highest BCUT2D eigenvalue weighted by Crippen LogP contribution is 2.33. The average molecular weight is 261 g/mol. The quantitative estimate of drug-likeness (QED) is 0.863. The maximum Gasteiger partial charge on any atom is 0.282 e. The number of sulfonamides is 1. The molecule has 5 heteroatoms. The Balaban J connectivity index is 2.75. The summed E-state index contributed by atoms with van der Waals surface area (Å²) in [4.78, 5) is 0.0292. The predicted molar refractivity (Wildman–Crippen MR) is 70.3 cm³/mol. The smallest absolute Gasteiger partial charge is 0.282 e. The van der Waals surface area contributed by atoms with E-state index in [4.69, 9.17) is 0 Å². The fraction of sp³-hybridized carbons (Fsp3) is 0. The Bertz CT molecular complexity index is 693. The van der Waals surface area contributed by atoms with Crippen molar-refractivity contribution >= 4 is 16.7 Å². The van der Waals surface area contributed by atoms with Crippen molar-refractivity contribution in [2.75, 3.05) is 0 Å². The molecule has 2 rings (SSSR count). The molecule has 0 amide bonds.